The maximum absolute atomic E-state index is 12.4. The Labute approximate surface area is 190 Å². The Hall–Kier alpha value is -3.40. The fourth-order valence-corrected chi connectivity index (χ4v) is 3.93. The maximum atomic E-state index is 12.4. The highest BCUT2D eigenvalue weighted by Crippen LogP contribution is 2.26. The Morgan fingerprint density at radius 1 is 1.19 bits per heavy atom. The molecule has 1 aromatic heterocycles. The van der Waals surface area contributed by atoms with E-state index in [1.54, 1.807) is 12.1 Å². The van der Waals surface area contributed by atoms with E-state index in [-0.39, 0.29) is 29.1 Å². The van der Waals surface area contributed by atoms with Crippen molar-refractivity contribution in [2.75, 3.05) is 11.1 Å². The Morgan fingerprint density at radius 2 is 1.91 bits per heavy atom. The first-order valence-electron chi connectivity index (χ1n) is 10.3. The van der Waals surface area contributed by atoms with Gasteiger partial charge in [0.1, 0.15) is 11.4 Å². The number of rotatable bonds is 10. The first-order valence-corrected chi connectivity index (χ1v) is 11.3. The average molecular weight is 456 g/mol. The smallest absolute Gasteiger partial charge is 0.292 e. The number of nitrogens with zero attached hydrogens (tertiary/aromatic N) is 4. The van der Waals surface area contributed by atoms with E-state index in [4.69, 9.17) is 4.74 Å². The molecule has 0 aliphatic rings. The molecule has 32 heavy (non-hydrogen) atoms. The molecule has 3 rings (SSSR count). The van der Waals surface area contributed by atoms with E-state index in [0.29, 0.717) is 17.5 Å². The minimum absolute atomic E-state index is 0.0396. The minimum Gasteiger partial charge on any atom is -0.483 e. The van der Waals surface area contributed by atoms with Crippen LogP contribution in [0.5, 0.6) is 5.75 Å². The normalized spacial score (nSPS) is 11.7. The van der Waals surface area contributed by atoms with Gasteiger partial charge in [0.25, 0.3) is 5.69 Å². The number of hydrogen-bond acceptors (Lipinski definition) is 7. The number of ether oxygens (including phenoxy) is 1. The maximum Gasteiger partial charge on any atom is 0.292 e. The lowest BCUT2D eigenvalue weighted by Crippen LogP contribution is -2.16. The van der Waals surface area contributed by atoms with Crippen molar-refractivity contribution in [1.29, 1.82) is 0 Å². The molecule has 3 aromatic rings. The Kier molecular flexibility index (Phi) is 7.82. The van der Waals surface area contributed by atoms with Crippen molar-refractivity contribution < 1.29 is 14.5 Å². The van der Waals surface area contributed by atoms with Gasteiger partial charge < -0.3 is 14.6 Å². The fraction of sp³-hybridized carbons (Fsp3) is 0.318. The van der Waals surface area contributed by atoms with Crippen LogP contribution >= 0.6 is 11.8 Å². The second kappa shape index (κ2) is 10.8. The first kappa shape index (κ1) is 23.3. The van der Waals surface area contributed by atoms with Crippen LogP contribution in [0.2, 0.25) is 0 Å². The quantitative estimate of drug-likeness (QED) is 0.269. The number of carbonyl (C=O) groups is 1. The van der Waals surface area contributed by atoms with Crippen LogP contribution < -0.4 is 10.1 Å². The van der Waals surface area contributed by atoms with E-state index in [1.807, 2.05) is 42.7 Å². The SMILES string of the molecule is CCc1ccc(OC(C)c2nnc(SCC(=O)Nc3ccccc3[N+](=O)[O-])n2CC)cc1. The number of aromatic nitrogens is 3. The molecule has 0 saturated heterocycles. The summed E-state index contributed by atoms with van der Waals surface area (Å²) >= 11 is 1.21. The molecule has 0 aliphatic carbocycles. The molecular weight excluding hydrogens is 430 g/mol. The predicted octanol–water partition coefficient (Wildman–Crippen LogP) is 4.64. The van der Waals surface area contributed by atoms with Crippen molar-refractivity contribution in [3.05, 3.63) is 70.0 Å². The van der Waals surface area contributed by atoms with Gasteiger partial charge in [0.2, 0.25) is 5.91 Å². The monoisotopic (exact) mass is 455 g/mol. The number of para-hydroxylation sites is 2. The van der Waals surface area contributed by atoms with E-state index in [1.165, 1.54) is 29.5 Å². The van der Waals surface area contributed by atoms with Gasteiger partial charge in [-0.2, -0.15) is 0 Å². The number of nitro benzene ring substituents is 1. The van der Waals surface area contributed by atoms with Gasteiger partial charge in [-0.1, -0.05) is 43.0 Å². The molecule has 10 heteroatoms. The lowest BCUT2D eigenvalue weighted by molar-refractivity contribution is -0.383. The first-order chi connectivity index (χ1) is 15.4. The van der Waals surface area contributed by atoms with Crippen LogP contribution in [0, 0.1) is 10.1 Å². The second-order valence-electron chi connectivity index (χ2n) is 6.95. The van der Waals surface area contributed by atoms with E-state index >= 15 is 0 Å². The topological polar surface area (TPSA) is 112 Å². The third-order valence-electron chi connectivity index (χ3n) is 4.78. The molecule has 1 unspecified atom stereocenters. The summed E-state index contributed by atoms with van der Waals surface area (Å²) in [5.74, 6) is 1.08. The van der Waals surface area contributed by atoms with Crippen LogP contribution in [0.1, 0.15) is 38.3 Å². The number of carbonyl (C=O) groups excluding carboxylic acids is 1. The molecular formula is C22H25N5O4S. The number of thioether (sulfide) groups is 1. The van der Waals surface area contributed by atoms with Crippen molar-refractivity contribution >= 4 is 29.0 Å². The summed E-state index contributed by atoms with van der Waals surface area (Å²) in [7, 11) is 0. The summed E-state index contributed by atoms with van der Waals surface area (Å²) in [6.45, 7) is 6.58. The molecule has 0 fully saturated rings. The van der Waals surface area contributed by atoms with Crippen molar-refractivity contribution in [3.8, 4) is 5.75 Å². The summed E-state index contributed by atoms with van der Waals surface area (Å²) in [6, 6.07) is 14.0. The van der Waals surface area contributed by atoms with Crippen molar-refractivity contribution in [1.82, 2.24) is 14.8 Å². The van der Waals surface area contributed by atoms with E-state index in [2.05, 4.69) is 22.4 Å². The Bertz CT molecular complexity index is 1080. The summed E-state index contributed by atoms with van der Waals surface area (Å²) in [4.78, 5) is 22.9. The standard InChI is InChI=1S/C22H25N5O4S/c1-4-16-10-12-17(13-11-16)31-15(3)21-24-25-22(26(21)5-2)32-14-20(28)23-18-8-6-7-9-19(18)27(29)30/h6-13,15H,4-5,14H2,1-3H3,(H,23,28). The summed E-state index contributed by atoms with van der Waals surface area (Å²) in [5.41, 5.74) is 1.25. The lowest BCUT2D eigenvalue weighted by atomic mass is 10.2. The van der Waals surface area contributed by atoms with Crippen molar-refractivity contribution in [3.63, 3.8) is 0 Å². The number of benzene rings is 2. The molecule has 0 aliphatic heterocycles. The van der Waals surface area contributed by atoms with Crippen LogP contribution in [0.3, 0.4) is 0 Å². The highest BCUT2D eigenvalue weighted by atomic mass is 32.2. The van der Waals surface area contributed by atoms with Gasteiger partial charge in [-0.25, -0.2) is 0 Å². The number of amides is 1. The molecule has 1 amide bonds. The molecule has 1 heterocycles. The van der Waals surface area contributed by atoms with E-state index < -0.39 is 4.92 Å². The molecule has 0 spiro atoms. The summed E-state index contributed by atoms with van der Waals surface area (Å²) < 4.78 is 7.92. The molecule has 0 saturated carbocycles. The zero-order chi connectivity index (χ0) is 23.1. The van der Waals surface area contributed by atoms with E-state index in [9.17, 15) is 14.9 Å². The zero-order valence-corrected chi connectivity index (χ0v) is 19.0. The van der Waals surface area contributed by atoms with Gasteiger partial charge in [0.05, 0.1) is 10.7 Å². The van der Waals surface area contributed by atoms with Gasteiger partial charge in [-0.05, 0) is 44.0 Å². The number of hydrogen-bond donors (Lipinski definition) is 1. The average Bonchev–Trinajstić information content (AvgIpc) is 3.21. The van der Waals surface area contributed by atoms with Crippen molar-refractivity contribution in [2.24, 2.45) is 0 Å². The van der Waals surface area contributed by atoms with Gasteiger partial charge in [0, 0.05) is 12.6 Å². The molecule has 1 atom stereocenters. The third-order valence-corrected chi connectivity index (χ3v) is 5.74. The second-order valence-corrected chi connectivity index (χ2v) is 7.90. The molecule has 0 bridgehead atoms. The Morgan fingerprint density at radius 3 is 2.56 bits per heavy atom. The number of nitrogens with one attached hydrogen (secondary N) is 1. The van der Waals surface area contributed by atoms with E-state index in [0.717, 1.165) is 12.2 Å². The number of anilines is 1. The fourth-order valence-electron chi connectivity index (χ4n) is 3.12. The largest absolute Gasteiger partial charge is 0.483 e. The molecule has 2 aromatic carbocycles. The number of nitro groups is 1. The highest BCUT2D eigenvalue weighted by Gasteiger charge is 2.20. The van der Waals surface area contributed by atoms with Crippen LogP contribution in [0.25, 0.3) is 0 Å². The lowest BCUT2D eigenvalue weighted by Gasteiger charge is -2.16. The third kappa shape index (κ3) is 5.64. The summed E-state index contributed by atoms with van der Waals surface area (Å²) in [6.07, 6.45) is 0.635. The van der Waals surface area contributed by atoms with Crippen LogP contribution in [-0.2, 0) is 17.8 Å². The molecule has 1 N–H and O–H groups in total. The van der Waals surface area contributed by atoms with Gasteiger partial charge in [-0.3, -0.25) is 14.9 Å². The van der Waals surface area contributed by atoms with Gasteiger partial charge in [0.15, 0.2) is 17.1 Å². The highest BCUT2D eigenvalue weighted by molar-refractivity contribution is 7.99. The minimum atomic E-state index is -0.528. The van der Waals surface area contributed by atoms with Crippen molar-refractivity contribution in [2.45, 2.75) is 45.0 Å². The summed E-state index contributed by atoms with van der Waals surface area (Å²) in [5, 5.41) is 22.8. The van der Waals surface area contributed by atoms with Gasteiger partial charge >= 0.3 is 0 Å². The zero-order valence-electron chi connectivity index (χ0n) is 18.1. The van der Waals surface area contributed by atoms with Gasteiger partial charge in [-0.15, -0.1) is 10.2 Å². The van der Waals surface area contributed by atoms with Crippen LogP contribution in [0.4, 0.5) is 11.4 Å². The van der Waals surface area contributed by atoms with Crippen LogP contribution in [-0.4, -0.2) is 31.3 Å². The number of aryl methyl sites for hydroxylation is 1. The molecule has 9 nitrogen and oxygen atoms in total. The molecule has 0 radical (unpaired) electrons. The predicted molar refractivity (Wildman–Crippen MR) is 123 cm³/mol. The van der Waals surface area contributed by atoms with Crippen LogP contribution in [0.15, 0.2) is 53.7 Å². The Balaban J connectivity index is 1.64. The molecule has 168 valence electrons.